The number of carbonyl (C=O) groups excluding carboxylic acids is 2. The summed E-state index contributed by atoms with van der Waals surface area (Å²) in [6.07, 6.45) is 2.15. The molecular formula is C21H25N3O2. The predicted octanol–water partition coefficient (Wildman–Crippen LogP) is 3.39. The Morgan fingerprint density at radius 1 is 1.00 bits per heavy atom. The lowest BCUT2D eigenvalue weighted by Crippen LogP contribution is -2.39. The van der Waals surface area contributed by atoms with Crippen molar-refractivity contribution in [3.05, 3.63) is 60.2 Å². The second-order valence-electron chi connectivity index (χ2n) is 6.69. The fourth-order valence-electron chi connectivity index (χ4n) is 3.11. The zero-order chi connectivity index (χ0) is 18.5. The summed E-state index contributed by atoms with van der Waals surface area (Å²) in [6, 6.07) is 16.6. The van der Waals surface area contributed by atoms with Crippen LogP contribution in [0.15, 0.2) is 54.6 Å². The second-order valence-corrected chi connectivity index (χ2v) is 6.69. The molecule has 1 atom stereocenters. The van der Waals surface area contributed by atoms with Crippen LogP contribution in [0.2, 0.25) is 0 Å². The lowest BCUT2D eigenvalue weighted by molar-refractivity contribution is -0.117. The summed E-state index contributed by atoms with van der Waals surface area (Å²) in [6.45, 7) is 3.54. The van der Waals surface area contributed by atoms with E-state index >= 15 is 0 Å². The van der Waals surface area contributed by atoms with E-state index in [0.29, 0.717) is 11.3 Å². The Morgan fingerprint density at radius 2 is 1.62 bits per heavy atom. The van der Waals surface area contributed by atoms with Crippen molar-refractivity contribution in [1.29, 1.82) is 0 Å². The van der Waals surface area contributed by atoms with Crippen molar-refractivity contribution >= 4 is 23.2 Å². The van der Waals surface area contributed by atoms with Gasteiger partial charge in [0.2, 0.25) is 5.91 Å². The van der Waals surface area contributed by atoms with Gasteiger partial charge in [-0.2, -0.15) is 0 Å². The molecule has 2 aromatic rings. The number of para-hydroxylation sites is 1. The first-order chi connectivity index (χ1) is 12.6. The summed E-state index contributed by atoms with van der Waals surface area (Å²) in [5.74, 6) is -0.0208. The van der Waals surface area contributed by atoms with E-state index in [1.807, 2.05) is 54.1 Å². The van der Waals surface area contributed by atoms with Gasteiger partial charge < -0.3 is 15.1 Å². The van der Waals surface area contributed by atoms with Crippen LogP contribution in [0.4, 0.5) is 11.4 Å². The number of likely N-dealkylation sites (N-methyl/N-ethyl adjacent to an activating group) is 1. The first-order valence-corrected chi connectivity index (χ1v) is 9.04. The van der Waals surface area contributed by atoms with Crippen molar-refractivity contribution in [3.8, 4) is 0 Å². The van der Waals surface area contributed by atoms with Crippen molar-refractivity contribution in [2.45, 2.75) is 25.8 Å². The molecule has 1 aliphatic heterocycles. The van der Waals surface area contributed by atoms with Gasteiger partial charge in [-0.25, -0.2) is 0 Å². The minimum atomic E-state index is -0.316. The lowest BCUT2D eigenvalue weighted by atomic mass is 10.1. The molecule has 26 heavy (non-hydrogen) atoms. The van der Waals surface area contributed by atoms with Gasteiger partial charge in [-0.1, -0.05) is 18.2 Å². The molecule has 0 radical (unpaired) electrons. The number of nitrogens with one attached hydrogen (secondary N) is 1. The molecule has 1 fully saturated rings. The third kappa shape index (κ3) is 4.04. The van der Waals surface area contributed by atoms with E-state index < -0.39 is 0 Å². The van der Waals surface area contributed by atoms with Crippen LogP contribution >= 0.6 is 0 Å². The highest BCUT2D eigenvalue weighted by atomic mass is 16.2. The molecule has 0 saturated carbocycles. The molecule has 1 unspecified atom stereocenters. The molecule has 1 saturated heterocycles. The van der Waals surface area contributed by atoms with Gasteiger partial charge in [0.25, 0.3) is 5.91 Å². The van der Waals surface area contributed by atoms with Crippen molar-refractivity contribution in [1.82, 2.24) is 4.90 Å². The number of nitrogens with zero attached hydrogens (tertiary/aromatic N) is 2. The van der Waals surface area contributed by atoms with E-state index in [-0.39, 0.29) is 17.9 Å². The van der Waals surface area contributed by atoms with Crippen LogP contribution in [-0.4, -0.2) is 42.9 Å². The van der Waals surface area contributed by atoms with Gasteiger partial charge >= 0.3 is 0 Å². The van der Waals surface area contributed by atoms with Crippen LogP contribution in [0.1, 0.15) is 30.1 Å². The number of benzene rings is 2. The smallest absolute Gasteiger partial charge is 0.253 e. The van der Waals surface area contributed by atoms with E-state index in [9.17, 15) is 9.59 Å². The third-order valence-corrected chi connectivity index (χ3v) is 4.92. The molecule has 2 aromatic carbocycles. The zero-order valence-electron chi connectivity index (χ0n) is 15.3. The van der Waals surface area contributed by atoms with E-state index in [2.05, 4.69) is 5.32 Å². The maximum atomic E-state index is 12.5. The molecule has 0 aromatic heterocycles. The summed E-state index contributed by atoms with van der Waals surface area (Å²) >= 11 is 0. The molecular weight excluding hydrogens is 326 g/mol. The lowest BCUT2D eigenvalue weighted by Gasteiger charge is -2.26. The molecule has 0 aliphatic carbocycles. The number of likely N-dealkylation sites (tertiary alicyclic amines) is 1. The van der Waals surface area contributed by atoms with Gasteiger partial charge in [0, 0.05) is 37.1 Å². The Balaban J connectivity index is 1.61. The molecule has 5 heteroatoms. The molecule has 0 bridgehead atoms. The molecule has 1 aliphatic rings. The van der Waals surface area contributed by atoms with E-state index in [1.54, 1.807) is 24.3 Å². The van der Waals surface area contributed by atoms with Gasteiger partial charge in [0.15, 0.2) is 0 Å². The highest BCUT2D eigenvalue weighted by Crippen LogP contribution is 2.18. The molecule has 0 spiro atoms. The maximum Gasteiger partial charge on any atom is 0.253 e. The Kier molecular flexibility index (Phi) is 5.56. The van der Waals surface area contributed by atoms with Crippen molar-refractivity contribution in [2.75, 3.05) is 30.4 Å². The van der Waals surface area contributed by atoms with Crippen LogP contribution in [-0.2, 0) is 4.79 Å². The van der Waals surface area contributed by atoms with Crippen LogP contribution in [0.25, 0.3) is 0 Å². The largest absolute Gasteiger partial charge is 0.363 e. The Labute approximate surface area is 154 Å². The summed E-state index contributed by atoms with van der Waals surface area (Å²) in [7, 11) is 1.90. The Hall–Kier alpha value is -2.82. The standard InChI is InChI=1S/C21H25N3O2/c1-16(23(2)19-8-4-3-5-9-19)20(25)22-18-12-10-17(11-13-18)21(26)24-14-6-7-15-24/h3-5,8-13,16H,6-7,14-15H2,1-2H3,(H,22,25). The molecule has 2 amide bonds. The molecule has 3 rings (SSSR count). The van der Waals surface area contributed by atoms with Crippen LogP contribution in [0.3, 0.4) is 0 Å². The van der Waals surface area contributed by atoms with Gasteiger partial charge in [-0.3, -0.25) is 9.59 Å². The average Bonchev–Trinajstić information content (AvgIpc) is 3.22. The Bertz CT molecular complexity index is 753. The van der Waals surface area contributed by atoms with E-state index in [1.165, 1.54) is 0 Å². The first kappa shape index (κ1) is 18.0. The van der Waals surface area contributed by atoms with Gasteiger partial charge in [0.1, 0.15) is 6.04 Å². The molecule has 1 heterocycles. The third-order valence-electron chi connectivity index (χ3n) is 4.92. The number of hydrogen-bond donors (Lipinski definition) is 1. The van der Waals surface area contributed by atoms with Crippen LogP contribution in [0, 0.1) is 0 Å². The number of rotatable bonds is 5. The normalized spacial score (nSPS) is 14.8. The zero-order valence-corrected chi connectivity index (χ0v) is 15.3. The summed E-state index contributed by atoms with van der Waals surface area (Å²) in [5.41, 5.74) is 2.35. The second kappa shape index (κ2) is 8.04. The minimum Gasteiger partial charge on any atom is -0.363 e. The van der Waals surface area contributed by atoms with E-state index in [4.69, 9.17) is 0 Å². The number of hydrogen-bond acceptors (Lipinski definition) is 3. The summed E-state index contributed by atoms with van der Waals surface area (Å²) < 4.78 is 0. The molecule has 5 nitrogen and oxygen atoms in total. The SMILES string of the molecule is CC(C(=O)Nc1ccc(C(=O)N2CCCC2)cc1)N(C)c1ccccc1. The van der Waals surface area contributed by atoms with Crippen molar-refractivity contribution in [2.24, 2.45) is 0 Å². The van der Waals surface area contributed by atoms with Crippen LogP contribution < -0.4 is 10.2 Å². The predicted molar refractivity (Wildman–Crippen MR) is 105 cm³/mol. The monoisotopic (exact) mass is 351 g/mol. The highest BCUT2D eigenvalue weighted by Gasteiger charge is 2.20. The quantitative estimate of drug-likeness (QED) is 0.898. The van der Waals surface area contributed by atoms with Gasteiger partial charge in [-0.05, 0) is 56.2 Å². The number of carbonyl (C=O) groups is 2. The fraction of sp³-hybridized carbons (Fsp3) is 0.333. The van der Waals surface area contributed by atoms with E-state index in [0.717, 1.165) is 31.6 Å². The molecule has 1 N–H and O–H groups in total. The fourth-order valence-corrected chi connectivity index (χ4v) is 3.11. The van der Waals surface area contributed by atoms with Crippen molar-refractivity contribution < 1.29 is 9.59 Å². The maximum absolute atomic E-state index is 12.5. The average molecular weight is 351 g/mol. The highest BCUT2D eigenvalue weighted by molar-refractivity contribution is 5.98. The van der Waals surface area contributed by atoms with Crippen molar-refractivity contribution in [3.63, 3.8) is 0 Å². The summed E-state index contributed by atoms with van der Waals surface area (Å²) in [4.78, 5) is 28.7. The Morgan fingerprint density at radius 3 is 2.23 bits per heavy atom. The van der Waals surface area contributed by atoms with Crippen LogP contribution in [0.5, 0.6) is 0 Å². The summed E-state index contributed by atoms with van der Waals surface area (Å²) in [5, 5.41) is 2.92. The topological polar surface area (TPSA) is 52.7 Å². The van der Waals surface area contributed by atoms with Gasteiger partial charge in [0.05, 0.1) is 0 Å². The molecule has 136 valence electrons. The minimum absolute atomic E-state index is 0.0672. The van der Waals surface area contributed by atoms with Gasteiger partial charge in [-0.15, -0.1) is 0 Å². The first-order valence-electron chi connectivity index (χ1n) is 9.04. The number of amides is 2. The number of anilines is 2.